The summed E-state index contributed by atoms with van der Waals surface area (Å²) >= 11 is 0. The number of pyridine rings is 1. The molecule has 0 bridgehead atoms. The molecule has 0 saturated carbocycles. The molecule has 0 unspecified atom stereocenters. The van der Waals surface area contributed by atoms with Crippen molar-refractivity contribution in [1.29, 1.82) is 0 Å². The van der Waals surface area contributed by atoms with Crippen LogP contribution in [0.4, 0.5) is 24.7 Å². The van der Waals surface area contributed by atoms with Gasteiger partial charge in [-0.15, -0.1) is 13.2 Å². The van der Waals surface area contributed by atoms with Crippen LogP contribution in [0.15, 0.2) is 60.8 Å². The van der Waals surface area contributed by atoms with E-state index in [1.807, 2.05) is 23.1 Å². The Labute approximate surface area is 176 Å². The quantitative estimate of drug-likeness (QED) is 0.580. The highest BCUT2D eigenvalue weighted by Gasteiger charge is 2.36. The maximum absolute atomic E-state index is 12.7. The molecule has 2 aromatic carbocycles. The zero-order valence-corrected chi connectivity index (χ0v) is 16.3. The Hall–Kier alpha value is -3.81. The van der Waals surface area contributed by atoms with Crippen LogP contribution in [0.25, 0.3) is 11.8 Å². The van der Waals surface area contributed by atoms with E-state index < -0.39 is 6.36 Å². The standard InChI is InChI=1S/C23H16F3N3O2/c1-28-19-12-15-6-4-10-27-21(15)29(18-9-3-8-17(20(18)19)22(28)30)13-14-5-2-7-16(11-14)31-23(24,25)26/h2-12H,13H2,1H3. The van der Waals surface area contributed by atoms with Crippen molar-refractivity contribution < 1.29 is 22.7 Å². The number of anilines is 2. The zero-order valence-electron chi connectivity index (χ0n) is 16.3. The fraction of sp³-hybridized carbons (Fsp3) is 0.130. The van der Waals surface area contributed by atoms with Crippen LogP contribution < -0.4 is 9.64 Å². The van der Waals surface area contributed by atoms with Crippen molar-refractivity contribution in [3.63, 3.8) is 0 Å². The Morgan fingerprint density at radius 2 is 1.87 bits per heavy atom. The van der Waals surface area contributed by atoms with Gasteiger partial charge >= 0.3 is 6.36 Å². The molecule has 2 aliphatic heterocycles. The number of hydrogen-bond donors (Lipinski definition) is 0. The second-order valence-electron chi connectivity index (χ2n) is 7.29. The van der Waals surface area contributed by atoms with Gasteiger partial charge < -0.3 is 14.5 Å². The van der Waals surface area contributed by atoms with Gasteiger partial charge in [0.1, 0.15) is 11.6 Å². The molecule has 3 aromatic rings. The number of aromatic nitrogens is 1. The number of carbonyl (C=O) groups excluding carboxylic acids is 1. The molecule has 5 rings (SSSR count). The van der Waals surface area contributed by atoms with Crippen molar-refractivity contribution in [2.45, 2.75) is 12.9 Å². The molecule has 0 atom stereocenters. The monoisotopic (exact) mass is 423 g/mol. The van der Waals surface area contributed by atoms with E-state index in [-0.39, 0.29) is 18.2 Å². The number of hydrogen-bond acceptors (Lipinski definition) is 4. The molecule has 0 N–H and O–H groups in total. The van der Waals surface area contributed by atoms with Crippen molar-refractivity contribution in [3.8, 4) is 5.75 Å². The number of halogens is 3. The highest BCUT2D eigenvalue weighted by Crippen LogP contribution is 2.45. The summed E-state index contributed by atoms with van der Waals surface area (Å²) in [7, 11) is 1.72. The van der Waals surface area contributed by atoms with E-state index in [0.717, 1.165) is 22.5 Å². The number of ether oxygens (including phenoxy) is 1. The van der Waals surface area contributed by atoms with Crippen molar-refractivity contribution >= 4 is 29.2 Å². The number of alkyl halides is 3. The first kappa shape index (κ1) is 19.2. The van der Waals surface area contributed by atoms with E-state index in [1.165, 1.54) is 18.2 Å². The van der Waals surface area contributed by atoms with Crippen LogP contribution in [0.5, 0.6) is 5.75 Å². The first-order valence-electron chi connectivity index (χ1n) is 9.52. The van der Waals surface area contributed by atoms with Crippen molar-refractivity contribution in [2.24, 2.45) is 0 Å². The van der Waals surface area contributed by atoms with Crippen LogP contribution in [0.3, 0.4) is 0 Å². The minimum Gasteiger partial charge on any atom is -0.406 e. The van der Waals surface area contributed by atoms with Crippen LogP contribution in [0, 0.1) is 0 Å². The number of fused-ring (bicyclic) bond motifs is 1. The Balaban J connectivity index is 1.64. The number of rotatable bonds is 3. The lowest BCUT2D eigenvalue weighted by Crippen LogP contribution is -2.20. The SMILES string of the molecule is CN1C(=O)c2cccc3c2C1=Cc1cccnc1N3Cc1cccc(OC(F)(F)F)c1. The lowest BCUT2D eigenvalue weighted by atomic mass is 10.0. The highest BCUT2D eigenvalue weighted by atomic mass is 19.4. The van der Waals surface area contributed by atoms with Gasteiger partial charge in [0.25, 0.3) is 5.91 Å². The summed E-state index contributed by atoms with van der Waals surface area (Å²) in [6.07, 6.45) is -1.18. The molecule has 0 saturated heterocycles. The third-order valence-electron chi connectivity index (χ3n) is 5.32. The van der Waals surface area contributed by atoms with E-state index in [1.54, 1.807) is 42.4 Å². The number of carbonyl (C=O) groups is 1. The summed E-state index contributed by atoms with van der Waals surface area (Å²) in [6, 6.07) is 15.0. The van der Waals surface area contributed by atoms with Crippen LogP contribution in [-0.2, 0) is 6.54 Å². The van der Waals surface area contributed by atoms with Gasteiger partial charge in [-0.1, -0.05) is 18.2 Å². The average molecular weight is 423 g/mol. The van der Waals surface area contributed by atoms with Crippen molar-refractivity contribution in [2.75, 3.05) is 11.9 Å². The summed E-state index contributed by atoms with van der Waals surface area (Å²) < 4.78 is 42.1. The van der Waals surface area contributed by atoms with Crippen LogP contribution in [0.1, 0.15) is 27.0 Å². The lowest BCUT2D eigenvalue weighted by Gasteiger charge is -2.26. The Morgan fingerprint density at radius 3 is 2.68 bits per heavy atom. The molecule has 0 fully saturated rings. The van der Waals surface area contributed by atoms with Crippen molar-refractivity contribution in [1.82, 2.24) is 9.88 Å². The van der Waals surface area contributed by atoms with Crippen LogP contribution in [0.2, 0.25) is 0 Å². The van der Waals surface area contributed by atoms with Gasteiger partial charge in [-0.25, -0.2) is 4.98 Å². The maximum Gasteiger partial charge on any atom is 0.573 e. The zero-order chi connectivity index (χ0) is 21.8. The van der Waals surface area contributed by atoms with Gasteiger partial charge in [0.05, 0.1) is 16.9 Å². The highest BCUT2D eigenvalue weighted by molar-refractivity contribution is 6.15. The molecule has 156 valence electrons. The van der Waals surface area contributed by atoms with Gasteiger partial charge in [-0.2, -0.15) is 0 Å². The van der Waals surface area contributed by atoms with Gasteiger partial charge in [0.15, 0.2) is 0 Å². The van der Waals surface area contributed by atoms with E-state index in [0.29, 0.717) is 16.9 Å². The molecule has 0 spiro atoms. The minimum atomic E-state index is -4.76. The summed E-state index contributed by atoms with van der Waals surface area (Å²) in [6.45, 7) is 0.245. The average Bonchev–Trinajstić information content (AvgIpc) is 2.89. The first-order chi connectivity index (χ1) is 14.8. The van der Waals surface area contributed by atoms with Crippen LogP contribution in [-0.4, -0.2) is 29.2 Å². The smallest absolute Gasteiger partial charge is 0.406 e. The Kier molecular flexibility index (Phi) is 4.25. The van der Waals surface area contributed by atoms with E-state index in [9.17, 15) is 18.0 Å². The fourth-order valence-corrected chi connectivity index (χ4v) is 4.03. The molecule has 3 heterocycles. The third-order valence-corrected chi connectivity index (χ3v) is 5.32. The third kappa shape index (κ3) is 3.30. The lowest BCUT2D eigenvalue weighted by molar-refractivity contribution is -0.274. The minimum absolute atomic E-state index is 0.101. The fourth-order valence-electron chi connectivity index (χ4n) is 4.03. The first-order valence-corrected chi connectivity index (χ1v) is 9.52. The largest absolute Gasteiger partial charge is 0.573 e. The van der Waals surface area contributed by atoms with E-state index in [2.05, 4.69) is 9.72 Å². The summed E-state index contributed by atoms with van der Waals surface area (Å²) in [4.78, 5) is 20.8. The molecule has 31 heavy (non-hydrogen) atoms. The normalized spacial score (nSPS) is 14.7. The Morgan fingerprint density at radius 1 is 1.06 bits per heavy atom. The molecular formula is C23H16F3N3O2. The second-order valence-corrected chi connectivity index (χ2v) is 7.29. The van der Waals surface area contributed by atoms with Gasteiger partial charge in [-0.05, 0) is 48.0 Å². The molecule has 0 aliphatic carbocycles. The molecule has 0 radical (unpaired) electrons. The topological polar surface area (TPSA) is 45.7 Å². The molecule has 2 aliphatic rings. The van der Waals surface area contributed by atoms with Gasteiger partial charge in [-0.3, -0.25) is 4.79 Å². The van der Waals surface area contributed by atoms with E-state index >= 15 is 0 Å². The predicted molar refractivity (Wildman–Crippen MR) is 110 cm³/mol. The number of amides is 1. The predicted octanol–water partition coefficient (Wildman–Crippen LogP) is 5.22. The van der Waals surface area contributed by atoms with Gasteiger partial charge in [0, 0.05) is 30.9 Å². The molecule has 5 nitrogen and oxygen atoms in total. The van der Waals surface area contributed by atoms with Crippen molar-refractivity contribution in [3.05, 3.63) is 83.0 Å². The molecule has 8 heteroatoms. The summed E-state index contributed by atoms with van der Waals surface area (Å²) in [5.41, 5.74) is 4.32. The maximum atomic E-state index is 12.7. The molecule has 1 aromatic heterocycles. The number of nitrogens with zero attached hydrogens (tertiary/aromatic N) is 3. The summed E-state index contributed by atoms with van der Waals surface area (Å²) in [5.74, 6) is 0.268. The number of benzene rings is 2. The van der Waals surface area contributed by atoms with Gasteiger partial charge in [0.2, 0.25) is 0 Å². The summed E-state index contributed by atoms with van der Waals surface area (Å²) in [5, 5.41) is 0. The van der Waals surface area contributed by atoms with E-state index in [4.69, 9.17) is 0 Å². The Bertz CT molecular complexity index is 1240. The molecular weight excluding hydrogens is 407 g/mol. The second kappa shape index (κ2) is 6.87. The van der Waals surface area contributed by atoms with Crippen LogP contribution >= 0.6 is 0 Å². The molecule has 1 amide bonds.